The first-order valence-electron chi connectivity index (χ1n) is 8.29. The Morgan fingerprint density at radius 1 is 1.42 bits per heavy atom. The Kier molecular flexibility index (Phi) is 5.21. The molecule has 0 radical (unpaired) electrons. The van der Waals surface area contributed by atoms with Gasteiger partial charge in [-0.1, -0.05) is 12.8 Å². The van der Waals surface area contributed by atoms with E-state index in [1.54, 1.807) is 15.8 Å². The molecule has 2 heterocycles. The normalized spacial score (nSPS) is 21.9. The molecule has 0 spiro atoms. The Morgan fingerprint density at radius 3 is 2.88 bits per heavy atom. The third-order valence-electron chi connectivity index (χ3n) is 4.56. The number of ether oxygens (including phenoxy) is 1. The third kappa shape index (κ3) is 4.34. The van der Waals surface area contributed by atoms with Gasteiger partial charge in [0.05, 0.1) is 30.6 Å². The van der Waals surface area contributed by atoms with E-state index in [0.29, 0.717) is 13.1 Å². The van der Waals surface area contributed by atoms with E-state index >= 15 is 0 Å². The molecule has 1 N–H and O–H groups in total. The van der Waals surface area contributed by atoms with Crippen LogP contribution < -0.4 is 4.72 Å². The highest BCUT2D eigenvalue weighted by Gasteiger charge is 2.29. The molecule has 0 aromatic carbocycles. The Balaban J connectivity index is 1.61. The SMILES string of the molecule is CS(=O)(=O)NC[C@@H]1CN(C(=O)COC2CCCC2)Cc2ccnn21. The molecule has 1 aliphatic heterocycles. The lowest BCUT2D eigenvalue weighted by Crippen LogP contribution is -2.46. The van der Waals surface area contributed by atoms with Crippen LogP contribution in [-0.4, -0.2) is 61.1 Å². The fraction of sp³-hybridized carbons (Fsp3) is 0.733. The molecule has 1 aromatic heterocycles. The number of hydrogen-bond acceptors (Lipinski definition) is 5. The van der Waals surface area contributed by atoms with Crippen molar-refractivity contribution in [3.8, 4) is 0 Å². The van der Waals surface area contributed by atoms with Gasteiger partial charge in [0.2, 0.25) is 15.9 Å². The number of nitrogens with one attached hydrogen (secondary N) is 1. The van der Waals surface area contributed by atoms with Crippen molar-refractivity contribution in [2.75, 3.05) is 26.0 Å². The molecule has 8 nitrogen and oxygen atoms in total. The van der Waals surface area contributed by atoms with Gasteiger partial charge in [0.15, 0.2) is 0 Å². The molecule has 1 amide bonds. The third-order valence-corrected chi connectivity index (χ3v) is 5.25. The lowest BCUT2D eigenvalue weighted by Gasteiger charge is -2.34. The molecule has 24 heavy (non-hydrogen) atoms. The van der Waals surface area contributed by atoms with Gasteiger partial charge in [-0.3, -0.25) is 9.48 Å². The maximum atomic E-state index is 12.5. The number of aromatic nitrogens is 2. The van der Waals surface area contributed by atoms with Gasteiger partial charge in [0.25, 0.3) is 0 Å². The summed E-state index contributed by atoms with van der Waals surface area (Å²) in [4.78, 5) is 14.2. The molecule has 2 aliphatic rings. The van der Waals surface area contributed by atoms with Crippen LogP contribution in [0, 0.1) is 0 Å². The Bertz CT molecular complexity index is 681. The summed E-state index contributed by atoms with van der Waals surface area (Å²) in [6, 6.07) is 1.64. The minimum absolute atomic E-state index is 0.0568. The van der Waals surface area contributed by atoms with Crippen LogP contribution in [0.5, 0.6) is 0 Å². The fourth-order valence-electron chi connectivity index (χ4n) is 3.31. The summed E-state index contributed by atoms with van der Waals surface area (Å²) < 4.78 is 32.7. The monoisotopic (exact) mass is 356 g/mol. The first kappa shape index (κ1) is 17.4. The van der Waals surface area contributed by atoms with Crippen LogP contribution in [-0.2, 0) is 26.1 Å². The minimum atomic E-state index is -3.29. The molecule has 1 aliphatic carbocycles. The quantitative estimate of drug-likeness (QED) is 0.790. The second-order valence-corrected chi connectivity index (χ2v) is 8.37. The summed E-state index contributed by atoms with van der Waals surface area (Å²) in [5, 5.41) is 4.25. The Labute approximate surface area is 142 Å². The lowest BCUT2D eigenvalue weighted by molar-refractivity contribution is -0.140. The fourth-order valence-corrected chi connectivity index (χ4v) is 3.81. The van der Waals surface area contributed by atoms with Crippen LogP contribution in [0.4, 0.5) is 0 Å². The molecule has 0 saturated heterocycles. The first-order valence-corrected chi connectivity index (χ1v) is 10.2. The van der Waals surface area contributed by atoms with E-state index in [0.717, 1.165) is 24.8 Å². The number of hydrogen-bond donors (Lipinski definition) is 1. The van der Waals surface area contributed by atoms with Gasteiger partial charge in [-0.05, 0) is 18.9 Å². The summed E-state index contributed by atoms with van der Waals surface area (Å²) in [6.07, 6.45) is 7.39. The highest BCUT2D eigenvalue weighted by molar-refractivity contribution is 7.88. The summed E-state index contributed by atoms with van der Waals surface area (Å²) in [5.41, 5.74) is 0.899. The number of rotatable bonds is 6. The minimum Gasteiger partial charge on any atom is -0.368 e. The molecular formula is C15H24N4O4S. The van der Waals surface area contributed by atoms with Gasteiger partial charge in [0.1, 0.15) is 6.61 Å². The number of nitrogens with zero attached hydrogens (tertiary/aromatic N) is 3. The highest BCUT2D eigenvalue weighted by atomic mass is 32.2. The molecule has 1 atom stereocenters. The van der Waals surface area contributed by atoms with Crippen LogP contribution in [0.15, 0.2) is 12.3 Å². The average molecular weight is 356 g/mol. The van der Waals surface area contributed by atoms with E-state index in [9.17, 15) is 13.2 Å². The molecule has 0 unspecified atom stereocenters. The summed E-state index contributed by atoms with van der Waals surface area (Å²) in [5.74, 6) is -0.0568. The van der Waals surface area contributed by atoms with Crippen molar-refractivity contribution in [2.24, 2.45) is 0 Å². The smallest absolute Gasteiger partial charge is 0.249 e. The van der Waals surface area contributed by atoms with Crippen molar-refractivity contribution >= 4 is 15.9 Å². The summed E-state index contributed by atoms with van der Waals surface area (Å²) in [6.45, 7) is 1.19. The van der Waals surface area contributed by atoms with Crippen molar-refractivity contribution in [1.29, 1.82) is 0 Å². The number of carbonyl (C=O) groups excluding carboxylic acids is 1. The van der Waals surface area contributed by atoms with E-state index in [1.165, 1.54) is 12.8 Å². The molecule has 9 heteroatoms. The first-order chi connectivity index (χ1) is 11.4. The van der Waals surface area contributed by atoms with Crippen LogP contribution >= 0.6 is 0 Å². The molecule has 3 rings (SSSR count). The largest absolute Gasteiger partial charge is 0.368 e. The maximum absolute atomic E-state index is 12.5. The Hall–Kier alpha value is -1.45. The molecule has 1 fully saturated rings. The van der Waals surface area contributed by atoms with Gasteiger partial charge in [-0.15, -0.1) is 0 Å². The molecule has 134 valence electrons. The lowest BCUT2D eigenvalue weighted by atomic mass is 10.2. The highest BCUT2D eigenvalue weighted by Crippen LogP contribution is 2.22. The predicted molar refractivity (Wildman–Crippen MR) is 87.7 cm³/mol. The maximum Gasteiger partial charge on any atom is 0.249 e. The van der Waals surface area contributed by atoms with Crippen LogP contribution in [0.2, 0.25) is 0 Å². The second-order valence-electron chi connectivity index (χ2n) is 6.53. The van der Waals surface area contributed by atoms with E-state index in [2.05, 4.69) is 9.82 Å². The van der Waals surface area contributed by atoms with Crippen LogP contribution in [0.1, 0.15) is 37.4 Å². The number of carbonyl (C=O) groups is 1. The average Bonchev–Trinajstić information content (AvgIpc) is 3.20. The van der Waals surface area contributed by atoms with E-state index in [1.807, 2.05) is 6.07 Å². The second kappa shape index (κ2) is 7.20. The van der Waals surface area contributed by atoms with Crippen molar-refractivity contribution in [3.05, 3.63) is 18.0 Å². The molecule has 1 aromatic rings. The van der Waals surface area contributed by atoms with Gasteiger partial charge < -0.3 is 9.64 Å². The van der Waals surface area contributed by atoms with Crippen molar-refractivity contribution in [3.63, 3.8) is 0 Å². The molecule has 1 saturated carbocycles. The topological polar surface area (TPSA) is 93.5 Å². The molecular weight excluding hydrogens is 332 g/mol. The van der Waals surface area contributed by atoms with Crippen molar-refractivity contribution in [2.45, 2.75) is 44.4 Å². The number of amides is 1. The van der Waals surface area contributed by atoms with E-state index in [4.69, 9.17) is 4.74 Å². The van der Waals surface area contributed by atoms with Gasteiger partial charge in [0, 0.05) is 19.3 Å². The number of fused-ring (bicyclic) bond motifs is 1. The zero-order chi connectivity index (χ0) is 17.2. The zero-order valence-corrected chi connectivity index (χ0v) is 14.7. The van der Waals surface area contributed by atoms with E-state index in [-0.39, 0.29) is 31.2 Å². The molecule has 0 bridgehead atoms. The summed E-state index contributed by atoms with van der Waals surface area (Å²) >= 11 is 0. The predicted octanol–water partition coefficient (Wildman–Crippen LogP) is 0.275. The van der Waals surface area contributed by atoms with Crippen LogP contribution in [0.3, 0.4) is 0 Å². The van der Waals surface area contributed by atoms with Crippen molar-refractivity contribution in [1.82, 2.24) is 19.4 Å². The Morgan fingerprint density at radius 2 is 2.17 bits per heavy atom. The standard InChI is InChI=1S/C15H24N4O4S/c1-24(21,22)17-8-13-10-18(9-12-6-7-16-19(12)13)15(20)11-23-14-4-2-3-5-14/h6-7,13-14,17H,2-5,8-11H2,1H3/t13-/m1/s1. The van der Waals surface area contributed by atoms with Crippen molar-refractivity contribution < 1.29 is 17.9 Å². The van der Waals surface area contributed by atoms with Gasteiger partial charge >= 0.3 is 0 Å². The van der Waals surface area contributed by atoms with Gasteiger partial charge in [-0.25, -0.2) is 13.1 Å². The summed E-state index contributed by atoms with van der Waals surface area (Å²) in [7, 11) is -3.29. The zero-order valence-electron chi connectivity index (χ0n) is 13.8. The van der Waals surface area contributed by atoms with E-state index < -0.39 is 10.0 Å². The van der Waals surface area contributed by atoms with Crippen LogP contribution in [0.25, 0.3) is 0 Å². The van der Waals surface area contributed by atoms with Gasteiger partial charge in [-0.2, -0.15) is 5.10 Å². The number of sulfonamides is 1.